The van der Waals surface area contributed by atoms with Crippen molar-refractivity contribution in [3.05, 3.63) is 34.9 Å². The van der Waals surface area contributed by atoms with Crippen molar-refractivity contribution in [2.45, 2.75) is 50.2 Å². The number of β-amino-alcohol motifs (C(OH)–C–C–N with tert-alkyl or cyclic N) is 1. The maximum absolute atomic E-state index is 12.7. The summed E-state index contributed by atoms with van der Waals surface area (Å²) in [6.45, 7) is 1.79. The van der Waals surface area contributed by atoms with E-state index < -0.39 is 11.7 Å². The first-order valence-electron chi connectivity index (χ1n) is 8.41. The van der Waals surface area contributed by atoms with Gasteiger partial charge < -0.3 is 14.7 Å². The lowest BCUT2D eigenvalue weighted by Gasteiger charge is -2.42. The lowest BCUT2D eigenvalue weighted by Crippen LogP contribution is -2.56. The van der Waals surface area contributed by atoms with Crippen LogP contribution >= 0.6 is 0 Å². The van der Waals surface area contributed by atoms with Crippen LogP contribution < -0.4 is 0 Å². The Bertz CT molecular complexity index is 592. The second kappa shape index (κ2) is 5.36. The summed E-state index contributed by atoms with van der Waals surface area (Å²) < 4.78 is 5.80. The molecule has 2 aliphatic heterocycles. The fourth-order valence-electron chi connectivity index (χ4n) is 4.21. The Morgan fingerprint density at radius 3 is 2.86 bits per heavy atom. The average Bonchev–Trinajstić information content (AvgIpc) is 3.18. The molecule has 22 heavy (non-hydrogen) atoms. The van der Waals surface area contributed by atoms with E-state index in [4.69, 9.17) is 4.74 Å². The number of aryl methyl sites for hydroxylation is 2. The third-order valence-electron chi connectivity index (χ3n) is 5.57. The molecule has 3 aliphatic rings. The van der Waals surface area contributed by atoms with Gasteiger partial charge in [0.05, 0.1) is 5.60 Å². The smallest absolute Gasteiger partial charge is 0.253 e. The lowest BCUT2D eigenvalue weighted by molar-refractivity contribution is -0.122. The number of fused-ring (bicyclic) bond motifs is 1. The molecule has 2 atom stereocenters. The van der Waals surface area contributed by atoms with Crippen molar-refractivity contribution in [2.24, 2.45) is 0 Å². The fourth-order valence-corrected chi connectivity index (χ4v) is 4.21. The first-order chi connectivity index (χ1) is 10.7. The number of aliphatic hydroxyl groups is 1. The van der Waals surface area contributed by atoms with E-state index in [0.29, 0.717) is 13.1 Å². The maximum Gasteiger partial charge on any atom is 0.253 e. The standard InChI is InChI=1S/C18H23NO3/c20-16-12-19(9-8-18(16)7-2-10-22-18)17(21)15-6-5-13-3-1-4-14(13)11-15/h5-6,11,16,20H,1-4,7-10,12H2/t16-,18-/m0/s1. The molecule has 2 heterocycles. The molecule has 1 aliphatic carbocycles. The molecule has 1 amide bonds. The van der Waals surface area contributed by atoms with Crippen LogP contribution in [0.2, 0.25) is 0 Å². The summed E-state index contributed by atoms with van der Waals surface area (Å²) in [6.07, 6.45) is 5.50. The van der Waals surface area contributed by atoms with E-state index in [1.54, 1.807) is 4.90 Å². The minimum absolute atomic E-state index is 0.0431. The molecule has 4 nitrogen and oxygen atoms in total. The zero-order valence-corrected chi connectivity index (χ0v) is 12.9. The third kappa shape index (κ3) is 2.25. The molecule has 4 heteroatoms. The van der Waals surface area contributed by atoms with Crippen molar-refractivity contribution in [1.82, 2.24) is 4.90 Å². The minimum atomic E-state index is -0.567. The van der Waals surface area contributed by atoms with E-state index in [2.05, 4.69) is 6.07 Å². The predicted molar refractivity (Wildman–Crippen MR) is 82.9 cm³/mol. The number of ether oxygens (including phenoxy) is 1. The third-order valence-corrected chi connectivity index (χ3v) is 5.57. The van der Waals surface area contributed by atoms with Crippen molar-refractivity contribution in [3.63, 3.8) is 0 Å². The largest absolute Gasteiger partial charge is 0.388 e. The van der Waals surface area contributed by atoms with Crippen molar-refractivity contribution >= 4 is 5.91 Å². The van der Waals surface area contributed by atoms with Gasteiger partial charge in [-0.25, -0.2) is 0 Å². The van der Waals surface area contributed by atoms with E-state index in [1.165, 1.54) is 17.5 Å². The Hall–Kier alpha value is -1.39. The number of hydrogen-bond donors (Lipinski definition) is 1. The first kappa shape index (κ1) is 14.2. The summed E-state index contributed by atoms with van der Waals surface area (Å²) in [5.74, 6) is 0.0431. The number of amides is 1. The Labute approximate surface area is 131 Å². The molecule has 0 aromatic heterocycles. The number of carbonyl (C=O) groups is 1. The van der Waals surface area contributed by atoms with Crippen LogP contribution in [0.5, 0.6) is 0 Å². The summed E-state index contributed by atoms with van der Waals surface area (Å²) in [7, 11) is 0. The molecule has 1 N–H and O–H groups in total. The van der Waals surface area contributed by atoms with Crippen LogP contribution in [0, 0.1) is 0 Å². The average molecular weight is 301 g/mol. The quantitative estimate of drug-likeness (QED) is 0.862. The van der Waals surface area contributed by atoms with Gasteiger partial charge >= 0.3 is 0 Å². The van der Waals surface area contributed by atoms with Crippen molar-refractivity contribution in [1.29, 1.82) is 0 Å². The monoisotopic (exact) mass is 301 g/mol. The molecule has 1 aromatic rings. The summed E-state index contributed by atoms with van der Waals surface area (Å²) in [5.41, 5.74) is 3.07. The molecule has 0 radical (unpaired) electrons. The molecule has 4 rings (SSSR count). The van der Waals surface area contributed by atoms with Gasteiger partial charge in [0, 0.05) is 25.3 Å². The number of hydrogen-bond acceptors (Lipinski definition) is 3. The van der Waals surface area contributed by atoms with E-state index in [0.717, 1.165) is 44.3 Å². The Morgan fingerprint density at radius 1 is 1.23 bits per heavy atom. The number of aliphatic hydroxyl groups excluding tert-OH is 1. The molecule has 0 saturated carbocycles. The van der Waals surface area contributed by atoms with Gasteiger partial charge in [-0.3, -0.25) is 4.79 Å². The fraction of sp³-hybridized carbons (Fsp3) is 0.611. The molecule has 118 valence electrons. The molecule has 0 bridgehead atoms. The highest BCUT2D eigenvalue weighted by Crippen LogP contribution is 2.36. The van der Waals surface area contributed by atoms with Crippen LogP contribution in [0.1, 0.15) is 47.2 Å². The maximum atomic E-state index is 12.7. The van der Waals surface area contributed by atoms with Crippen LogP contribution in [0.15, 0.2) is 18.2 Å². The number of benzene rings is 1. The molecule has 2 saturated heterocycles. The number of likely N-dealkylation sites (tertiary alicyclic amines) is 1. The van der Waals surface area contributed by atoms with Crippen LogP contribution in [0.4, 0.5) is 0 Å². The normalized spacial score (nSPS) is 30.8. The minimum Gasteiger partial charge on any atom is -0.388 e. The van der Waals surface area contributed by atoms with E-state index in [9.17, 15) is 9.90 Å². The van der Waals surface area contributed by atoms with Crippen molar-refractivity contribution in [3.8, 4) is 0 Å². The Balaban J connectivity index is 1.49. The lowest BCUT2D eigenvalue weighted by atomic mass is 9.86. The zero-order chi connectivity index (χ0) is 15.2. The van der Waals surface area contributed by atoms with E-state index >= 15 is 0 Å². The van der Waals surface area contributed by atoms with Gasteiger partial charge in [-0.15, -0.1) is 0 Å². The van der Waals surface area contributed by atoms with Gasteiger partial charge in [-0.2, -0.15) is 0 Å². The highest BCUT2D eigenvalue weighted by molar-refractivity contribution is 5.94. The van der Waals surface area contributed by atoms with E-state index in [1.807, 2.05) is 12.1 Å². The second-order valence-electron chi connectivity index (χ2n) is 6.87. The molecular formula is C18H23NO3. The van der Waals surface area contributed by atoms with Gasteiger partial charge in [-0.05, 0) is 61.8 Å². The van der Waals surface area contributed by atoms with Crippen LogP contribution in [-0.2, 0) is 17.6 Å². The number of piperidine rings is 1. The highest BCUT2D eigenvalue weighted by Gasteiger charge is 2.46. The SMILES string of the molecule is O=C(c1ccc2c(c1)CCC2)N1CC[C@@]2(CCCO2)[C@@H](O)C1. The first-order valence-corrected chi connectivity index (χ1v) is 8.41. The van der Waals surface area contributed by atoms with Gasteiger partial charge in [0.25, 0.3) is 5.91 Å². The van der Waals surface area contributed by atoms with Gasteiger partial charge in [0.1, 0.15) is 6.10 Å². The molecule has 1 aromatic carbocycles. The highest BCUT2D eigenvalue weighted by atomic mass is 16.5. The second-order valence-corrected chi connectivity index (χ2v) is 6.87. The summed E-state index contributed by atoms with van der Waals surface area (Å²) >= 11 is 0. The Morgan fingerprint density at radius 2 is 2.09 bits per heavy atom. The Kier molecular flexibility index (Phi) is 3.46. The van der Waals surface area contributed by atoms with Crippen LogP contribution in [0.25, 0.3) is 0 Å². The van der Waals surface area contributed by atoms with Gasteiger partial charge in [0.15, 0.2) is 0 Å². The molecule has 2 fully saturated rings. The number of rotatable bonds is 1. The topological polar surface area (TPSA) is 49.8 Å². The molecular weight excluding hydrogens is 278 g/mol. The van der Waals surface area contributed by atoms with Crippen molar-refractivity contribution < 1.29 is 14.6 Å². The predicted octanol–water partition coefficient (Wildman–Crippen LogP) is 1.93. The summed E-state index contributed by atoms with van der Waals surface area (Å²) in [5, 5.41) is 10.5. The van der Waals surface area contributed by atoms with Gasteiger partial charge in [0.2, 0.25) is 0 Å². The van der Waals surface area contributed by atoms with Crippen LogP contribution in [-0.4, -0.2) is 47.3 Å². The summed E-state index contributed by atoms with van der Waals surface area (Å²) in [6, 6.07) is 6.08. The van der Waals surface area contributed by atoms with Crippen LogP contribution in [0.3, 0.4) is 0 Å². The zero-order valence-electron chi connectivity index (χ0n) is 12.9. The van der Waals surface area contributed by atoms with E-state index in [-0.39, 0.29) is 5.91 Å². The summed E-state index contributed by atoms with van der Waals surface area (Å²) in [4.78, 5) is 14.5. The molecule has 0 unspecified atom stereocenters. The van der Waals surface area contributed by atoms with Crippen molar-refractivity contribution in [2.75, 3.05) is 19.7 Å². The number of nitrogens with zero attached hydrogens (tertiary/aromatic N) is 1. The molecule has 1 spiro atoms. The number of carbonyl (C=O) groups excluding carboxylic acids is 1. The van der Waals surface area contributed by atoms with Gasteiger partial charge in [-0.1, -0.05) is 6.07 Å².